The molecule has 4 nitrogen and oxygen atoms in total. The molecule has 1 heterocycles. The van der Waals surface area contributed by atoms with Crippen molar-refractivity contribution < 1.29 is 9.59 Å². The zero-order chi connectivity index (χ0) is 14.8. The van der Waals surface area contributed by atoms with Crippen molar-refractivity contribution in [3.05, 3.63) is 0 Å². The van der Waals surface area contributed by atoms with Crippen LogP contribution in [0.1, 0.15) is 65.2 Å². The molecule has 0 aromatic heterocycles. The highest BCUT2D eigenvalue weighted by Crippen LogP contribution is 2.18. The first-order valence-electron chi connectivity index (χ1n) is 8.24. The highest BCUT2D eigenvalue weighted by molar-refractivity contribution is 5.89. The van der Waals surface area contributed by atoms with Gasteiger partial charge in [-0.1, -0.05) is 46.0 Å². The molecular formula is C16H30N2O2. The Labute approximate surface area is 123 Å². The first-order chi connectivity index (χ1) is 9.69. The van der Waals surface area contributed by atoms with Gasteiger partial charge in [0.1, 0.15) is 0 Å². The van der Waals surface area contributed by atoms with Crippen molar-refractivity contribution in [2.75, 3.05) is 19.6 Å². The van der Waals surface area contributed by atoms with Crippen LogP contribution in [-0.2, 0) is 9.59 Å². The number of hydrogen-bond donors (Lipinski definition) is 1. The van der Waals surface area contributed by atoms with Crippen LogP contribution >= 0.6 is 0 Å². The summed E-state index contributed by atoms with van der Waals surface area (Å²) in [7, 11) is 0. The lowest BCUT2D eigenvalue weighted by Crippen LogP contribution is -2.33. The molecule has 1 atom stereocenters. The monoisotopic (exact) mass is 282 g/mol. The number of carbonyl (C=O) groups is 2. The average Bonchev–Trinajstić information content (AvgIpc) is 2.80. The zero-order valence-electron chi connectivity index (χ0n) is 13.1. The Bertz CT molecular complexity index is 305. The third-order valence-corrected chi connectivity index (χ3v) is 3.95. The summed E-state index contributed by atoms with van der Waals surface area (Å²) in [6, 6.07) is 0. The standard InChI is InChI=1S/C16H30N2O2/c1-3-5-7-8-10-17-16(20)14-12-15(19)18(13-14)11-9-6-4-2/h14H,3-13H2,1-2H3,(H,17,20). The number of rotatable bonds is 10. The Kier molecular flexibility index (Phi) is 8.31. The maximum absolute atomic E-state index is 12.0. The Balaban J connectivity index is 2.20. The van der Waals surface area contributed by atoms with Gasteiger partial charge in [-0.05, 0) is 12.8 Å². The lowest BCUT2D eigenvalue weighted by atomic mass is 10.1. The smallest absolute Gasteiger partial charge is 0.225 e. The second kappa shape index (κ2) is 9.78. The van der Waals surface area contributed by atoms with E-state index in [1.165, 1.54) is 19.3 Å². The molecule has 1 aliphatic rings. The quantitative estimate of drug-likeness (QED) is 0.626. The summed E-state index contributed by atoms with van der Waals surface area (Å²) in [5.41, 5.74) is 0. The minimum atomic E-state index is -0.129. The van der Waals surface area contributed by atoms with Gasteiger partial charge in [0.15, 0.2) is 0 Å². The minimum Gasteiger partial charge on any atom is -0.356 e. The summed E-state index contributed by atoms with van der Waals surface area (Å²) in [6.07, 6.45) is 8.40. The van der Waals surface area contributed by atoms with Gasteiger partial charge in [0.2, 0.25) is 11.8 Å². The van der Waals surface area contributed by atoms with Gasteiger partial charge in [-0.2, -0.15) is 0 Å². The fourth-order valence-corrected chi connectivity index (χ4v) is 2.62. The van der Waals surface area contributed by atoms with E-state index in [9.17, 15) is 9.59 Å². The van der Waals surface area contributed by atoms with Crippen molar-refractivity contribution in [2.24, 2.45) is 5.92 Å². The van der Waals surface area contributed by atoms with Crippen molar-refractivity contribution in [2.45, 2.75) is 65.2 Å². The van der Waals surface area contributed by atoms with E-state index in [1.54, 1.807) is 0 Å². The molecule has 0 aromatic rings. The normalized spacial score (nSPS) is 18.6. The Morgan fingerprint density at radius 2 is 1.85 bits per heavy atom. The Morgan fingerprint density at radius 3 is 2.55 bits per heavy atom. The topological polar surface area (TPSA) is 49.4 Å². The van der Waals surface area contributed by atoms with Gasteiger partial charge in [0.25, 0.3) is 0 Å². The highest BCUT2D eigenvalue weighted by Gasteiger charge is 2.33. The number of nitrogens with one attached hydrogen (secondary N) is 1. The van der Waals surface area contributed by atoms with E-state index in [2.05, 4.69) is 19.2 Å². The van der Waals surface area contributed by atoms with E-state index in [1.807, 2.05) is 4.90 Å². The number of carbonyl (C=O) groups excluding carboxylic acids is 2. The van der Waals surface area contributed by atoms with Crippen LogP contribution in [0.2, 0.25) is 0 Å². The summed E-state index contributed by atoms with van der Waals surface area (Å²) >= 11 is 0. The van der Waals surface area contributed by atoms with Gasteiger partial charge in [0.05, 0.1) is 5.92 Å². The summed E-state index contributed by atoms with van der Waals surface area (Å²) in [4.78, 5) is 25.7. The first-order valence-corrected chi connectivity index (χ1v) is 8.24. The van der Waals surface area contributed by atoms with Crippen LogP contribution in [0, 0.1) is 5.92 Å². The van der Waals surface area contributed by atoms with Gasteiger partial charge in [-0.3, -0.25) is 9.59 Å². The maximum atomic E-state index is 12.0. The fourth-order valence-electron chi connectivity index (χ4n) is 2.62. The summed E-state index contributed by atoms with van der Waals surface area (Å²) in [5.74, 6) is 0.0791. The van der Waals surface area contributed by atoms with E-state index in [0.29, 0.717) is 13.0 Å². The van der Waals surface area contributed by atoms with Crippen LogP contribution < -0.4 is 5.32 Å². The van der Waals surface area contributed by atoms with E-state index in [-0.39, 0.29) is 17.7 Å². The van der Waals surface area contributed by atoms with Crippen LogP contribution in [-0.4, -0.2) is 36.3 Å². The predicted octanol–water partition coefficient (Wildman–Crippen LogP) is 2.72. The molecule has 1 saturated heterocycles. The number of unbranched alkanes of at least 4 members (excludes halogenated alkanes) is 5. The van der Waals surface area contributed by atoms with Gasteiger partial charge >= 0.3 is 0 Å². The predicted molar refractivity (Wildman–Crippen MR) is 81.4 cm³/mol. The second-order valence-electron chi connectivity index (χ2n) is 5.80. The van der Waals surface area contributed by atoms with Crippen LogP contribution in [0.25, 0.3) is 0 Å². The molecule has 1 unspecified atom stereocenters. The van der Waals surface area contributed by atoms with Gasteiger partial charge < -0.3 is 10.2 Å². The molecule has 1 N–H and O–H groups in total. The lowest BCUT2D eigenvalue weighted by molar-refractivity contribution is -0.129. The molecule has 0 aliphatic carbocycles. The average molecular weight is 282 g/mol. The number of amides is 2. The number of likely N-dealkylation sites (tertiary alicyclic amines) is 1. The molecule has 0 radical (unpaired) electrons. The minimum absolute atomic E-state index is 0.0628. The molecule has 4 heteroatoms. The number of hydrogen-bond acceptors (Lipinski definition) is 2. The van der Waals surface area contributed by atoms with Gasteiger partial charge in [-0.25, -0.2) is 0 Å². The van der Waals surface area contributed by atoms with E-state index >= 15 is 0 Å². The molecule has 1 rings (SSSR count). The molecular weight excluding hydrogens is 252 g/mol. The molecule has 2 amide bonds. The molecule has 116 valence electrons. The highest BCUT2D eigenvalue weighted by atomic mass is 16.2. The molecule has 0 bridgehead atoms. The SMILES string of the molecule is CCCCCCNC(=O)C1CC(=O)N(CCCCC)C1. The van der Waals surface area contributed by atoms with Gasteiger partial charge in [0, 0.05) is 26.1 Å². The van der Waals surface area contributed by atoms with Crippen LogP contribution in [0.5, 0.6) is 0 Å². The molecule has 1 fully saturated rings. The lowest BCUT2D eigenvalue weighted by Gasteiger charge is -2.16. The summed E-state index contributed by atoms with van der Waals surface area (Å²) < 4.78 is 0. The summed E-state index contributed by atoms with van der Waals surface area (Å²) in [5, 5.41) is 2.97. The Morgan fingerprint density at radius 1 is 1.15 bits per heavy atom. The van der Waals surface area contributed by atoms with Crippen LogP contribution in [0.15, 0.2) is 0 Å². The van der Waals surface area contributed by atoms with Crippen molar-refractivity contribution in [1.29, 1.82) is 0 Å². The molecule has 20 heavy (non-hydrogen) atoms. The van der Waals surface area contributed by atoms with E-state index in [4.69, 9.17) is 0 Å². The first kappa shape index (κ1) is 17.0. The summed E-state index contributed by atoms with van der Waals surface area (Å²) in [6.45, 7) is 6.51. The van der Waals surface area contributed by atoms with Crippen molar-refractivity contribution in [3.8, 4) is 0 Å². The molecule has 0 saturated carbocycles. The molecule has 0 aromatic carbocycles. The van der Waals surface area contributed by atoms with Crippen LogP contribution in [0.4, 0.5) is 0 Å². The number of nitrogens with zero attached hydrogens (tertiary/aromatic N) is 1. The third-order valence-electron chi connectivity index (χ3n) is 3.95. The fraction of sp³-hybridized carbons (Fsp3) is 0.875. The Hall–Kier alpha value is -1.06. The molecule has 1 aliphatic heterocycles. The van der Waals surface area contributed by atoms with E-state index < -0.39 is 0 Å². The van der Waals surface area contributed by atoms with E-state index in [0.717, 1.165) is 38.8 Å². The third kappa shape index (κ3) is 5.93. The van der Waals surface area contributed by atoms with Crippen molar-refractivity contribution in [3.63, 3.8) is 0 Å². The zero-order valence-corrected chi connectivity index (χ0v) is 13.1. The molecule has 0 spiro atoms. The second-order valence-corrected chi connectivity index (χ2v) is 5.80. The van der Waals surface area contributed by atoms with Crippen molar-refractivity contribution >= 4 is 11.8 Å². The van der Waals surface area contributed by atoms with Crippen molar-refractivity contribution in [1.82, 2.24) is 10.2 Å². The van der Waals surface area contributed by atoms with Gasteiger partial charge in [-0.15, -0.1) is 0 Å². The van der Waals surface area contributed by atoms with Crippen LogP contribution in [0.3, 0.4) is 0 Å². The maximum Gasteiger partial charge on any atom is 0.225 e. The largest absolute Gasteiger partial charge is 0.356 e.